The summed E-state index contributed by atoms with van der Waals surface area (Å²) < 4.78 is 5.01. The molecule has 0 aromatic carbocycles. The zero-order valence-corrected chi connectivity index (χ0v) is 12.9. The first-order chi connectivity index (χ1) is 8.61. The van der Waals surface area contributed by atoms with Crippen LogP contribution in [-0.4, -0.2) is 40.3 Å². The monoisotopic (exact) mass is 309 g/mol. The first-order valence-electron chi connectivity index (χ1n) is 5.75. The van der Waals surface area contributed by atoms with Gasteiger partial charge in [0, 0.05) is 10.8 Å². The Morgan fingerprint density at radius 1 is 1.47 bits per heavy atom. The molecule has 0 aliphatic carbocycles. The molecule has 1 atom stereocenters. The lowest BCUT2D eigenvalue weighted by molar-refractivity contribution is -0.139. The largest absolute Gasteiger partial charge is 0.480 e. The minimum atomic E-state index is -1.09. The van der Waals surface area contributed by atoms with E-state index in [0.717, 1.165) is 0 Å². The molecule has 0 aliphatic heterocycles. The molecule has 2 N–H and O–H groups in total. The third-order valence-corrected chi connectivity index (χ3v) is 3.17. The standard InChI is InChI=1S/C12H20ClNO4S/c1-8(13)7-19-6-5-9(10(15)16)14-11(17)18-12(2,3)4/h9H,1,5-7H2,2-4H3,(H,14,17)(H,15,16). The SMILES string of the molecule is C=C(Cl)CSCCC(NC(=O)OC(C)(C)C)C(=O)O. The molecule has 7 heteroatoms. The Balaban J connectivity index is 4.16. The van der Waals surface area contributed by atoms with Crippen molar-refractivity contribution in [3.63, 3.8) is 0 Å². The number of hydrogen-bond donors (Lipinski definition) is 2. The van der Waals surface area contributed by atoms with Crippen LogP contribution in [0.1, 0.15) is 27.2 Å². The highest BCUT2D eigenvalue weighted by Gasteiger charge is 2.23. The molecule has 19 heavy (non-hydrogen) atoms. The predicted octanol–water partition coefficient (Wildman–Crippen LogP) is 2.84. The van der Waals surface area contributed by atoms with E-state index in [1.54, 1.807) is 20.8 Å². The summed E-state index contributed by atoms with van der Waals surface area (Å²) in [4.78, 5) is 22.5. The fourth-order valence-corrected chi connectivity index (χ4v) is 2.09. The number of nitrogens with one attached hydrogen (secondary N) is 1. The maximum atomic E-state index is 11.5. The Morgan fingerprint density at radius 2 is 2.05 bits per heavy atom. The zero-order valence-electron chi connectivity index (χ0n) is 11.4. The van der Waals surface area contributed by atoms with Crippen molar-refractivity contribution in [1.29, 1.82) is 0 Å². The number of alkyl carbamates (subject to hydrolysis) is 1. The van der Waals surface area contributed by atoms with E-state index < -0.39 is 23.7 Å². The van der Waals surface area contributed by atoms with E-state index in [-0.39, 0.29) is 0 Å². The van der Waals surface area contributed by atoms with Crippen molar-refractivity contribution in [2.24, 2.45) is 0 Å². The maximum absolute atomic E-state index is 11.5. The number of ether oxygens (including phenoxy) is 1. The summed E-state index contributed by atoms with van der Waals surface area (Å²) in [5.74, 6) is 0.0231. The number of thioether (sulfide) groups is 1. The Bertz CT molecular complexity index is 341. The van der Waals surface area contributed by atoms with Crippen LogP contribution in [0.5, 0.6) is 0 Å². The van der Waals surface area contributed by atoms with Crippen LogP contribution in [0.2, 0.25) is 0 Å². The minimum absolute atomic E-state index is 0.295. The Kier molecular flexibility index (Phi) is 7.94. The third kappa shape index (κ3) is 10.7. The topological polar surface area (TPSA) is 75.6 Å². The highest BCUT2D eigenvalue weighted by atomic mass is 35.5. The van der Waals surface area contributed by atoms with Crippen molar-refractivity contribution < 1.29 is 19.4 Å². The number of aliphatic carboxylic acids is 1. The number of rotatable bonds is 7. The van der Waals surface area contributed by atoms with Crippen LogP contribution in [0.4, 0.5) is 4.79 Å². The molecule has 0 saturated carbocycles. The normalized spacial score (nSPS) is 12.6. The number of hydrogen-bond acceptors (Lipinski definition) is 4. The van der Waals surface area contributed by atoms with E-state index in [1.807, 2.05) is 0 Å². The summed E-state index contributed by atoms with van der Waals surface area (Å²) in [5.41, 5.74) is -0.655. The Morgan fingerprint density at radius 3 is 2.47 bits per heavy atom. The molecule has 0 fully saturated rings. The molecule has 0 bridgehead atoms. The van der Waals surface area contributed by atoms with Crippen molar-refractivity contribution in [3.8, 4) is 0 Å². The van der Waals surface area contributed by atoms with Crippen molar-refractivity contribution in [2.45, 2.75) is 38.8 Å². The van der Waals surface area contributed by atoms with E-state index in [2.05, 4.69) is 11.9 Å². The van der Waals surface area contributed by atoms with Crippen LogP contribution in [0.15, 0.2) is 11.6 Å². The van der Waals surface area contributed by atoms with Crippen molar-refractivity contribution >= 4 is 35.4 Å². The van der Waals surface area contributed by atoms with Crippen LogP contribution in [-0.2, 0) is 9.53 Å². The van der Waals surface area contributed by atoms with Gasteiger partial charge in [0.1, 0.15) is 11.6 Å². The lowest BCUT2D eigenvalue weighted by atomic mass is 10.2. The second kappa shape index (κ2) is 8.32. The molecule has 1 amide bonds. The van der Waals surface area contributed by atoms with E-state index in [0.29, 0.717) is 23.0 Å². The van der Waals surface area contributed by atoms with Crippen LogP contribution in [0.3, 0.4) is 0 Å². The molecule has 0 spiro atoms. The molecule has 1 unspecified atom stereocenters. The number of carbonyl (C=O) groups is 2. The van der Waals surface area contributed by atoms with Gasteiger partial charge in [-0.05, 0) is 32.9 Å². The van der Waals surface area contributed by atoms with E-state index >= 15 is 0 Å². The van der Waals surface area contributed by atoms with Gasteiger partial charge in [0.25, 0.3) is 0 Å². The molecule has 0 aliphatic rings. The Hall–Kier alpha value is -0.880. The third-order valence-electron chi connectivity index (χ3n) is 1.80. The first-order valence-corrected chi connectivity index (χ1v) is 7.28. The summed E-state index contributed by atoms with van der Waals surface area (Å²) in [6.45, 7) is 8.67. The molecule has 110 valence electrons. The first kappa shape index (κ1) is 18.1. The minimum Gasteiger partial charge on any atom is -0.480 e. The fraction of sp³-hybridized carbons (Fsp3) is 0.667. The molecule has 0 radical (unpaired) electrons. The maximum Gasteiger partial charge on any atom is 0.408 e. The van der Waals surface area contributed by atoms with Gasteiger partial charge in [-0.2, -0.15) is 11.8 Å². The number of amides is 1. The van der Waals surface area contributed by atoms with Gasteiger partial charge in [0.05, 0.1) is 0 Å². The molecule has 0 aromatic rings. The summed E-state index contributed by atoms with van der Waals surface area (Å²) in [7, 11) is 0. The summed E-state index contributed by atoms with van der Waals surface area (Å²) in [6, 6.07) is -0.967. The van der Waals surface area contributed by atoms with E-state index in [4.69, 9.17) is 21.4 Å². The summed E-state index contributed by atoms with van der Waals surface area (Å²) >= 11 is 7.05. The van der Waals surface area contributed by atoms with Crippen LogP contribution >= 0.6 is 23.4 Å². The number of carboxylic acid groups (broad SMARTS) is 1. The fourth-order valence-electron chi connectivity index (χ4n) is 1.09. The second-order valence-corrected chi connectivity index (χ2v) is 6.54. The smallest absolute Gasteiger partial charge is 0.408 e. The average molecular weight is 310 g/mol. The van der Waals surface area contributed by atoms with Gasteiger partial charge in [0.2, 0.25) is 0 Å². The molecular weight excluding hydrogens is 290 g/mol. The van der Waals surface area contributed by atoms with Gasteiger partial charge in [-0.1, -0.05) is 18.2 Å². The lowest BCUT2D eigenvalue weighted by Crippen LogP contribution is -2.43. The van der Waals surface area contributed by atoms with Crippen molar-refractivity contribution in [2.75, 3.05) is 11.5 Å². The van der Waals surface area contributed by atoms with E-state index in [1.165, 1.54) is 11.8 Å². The summed E-state index contributed by atoms with van der Waals surface area (Å²) in [6.07, 6.45) is -0.435. The quantitative estimate of drug-likeness (QED) is 0.707. The zero-order chi connectivity index (χ0) is 15.1. The van der Waals surface area contributed by atoms with Gasteiger partial charge in [-0.3, -0.25) is 0 Å². The molecule has 0 heterocycles. The predicted molar refractivity (Wildman–Crippen MR) is 77.7 cm³/mol. The number of carbonyl (C=O) groups excluding carboxylic acids is 1. The molecule has 5 nitrogen and oxygen atoms in total. The number of halogens is 1. The van der Waals surface area contributed by atoms with Crippen LogP contribution in [0.25, 0.3) is 0 Å². The highest BCUT2D eigenvalue weighted by Crippen LogP contribution is 2.12. The van der Waals surface area contributed by atoms with Gasteiger partial charge in [-0.15, -0.1) is 0 Å². The van der Waals surface area contributed by atoms with Gasteiger partial charge >= 0.3 is 12.1 Å². The van der Waals surface area contributed by atoms with Gasteiger partial charge < -0.3 is 15.2 Å². The number of carboxylic acids is 1. The van der Waals surface area contributed by atoms with Crippen molar-refractivity contribution in [3.05, 3.63) is 11.6 Å². The van der Waals surface area contributed by atoms with Crippen molar-refractivity contribution in [1.82, 2.24) is 5.32 Å². The van der Waals surface area contributed by atoms with Gasteiger partial charge in [-0.25, -0.2) is 9.59 Å². The average Bonchev–Trinajstić information content (AvgIpc) is 2.19. The van der Waals surface area contributed by atoms with Gasteiger partial charge in [0.15, 0.2) is 0 Å². The highest BCUT2D eigenvalue weighted by molar-refractivity contribution is 7.99. The summed E-state index contributed by atoms with van der Waals surface area (Å²) in [5, 5.41) is 11.8. The van der Waals surface area contributed by atoms with E-state index in [9.17, 15) is 9.59 Å². The second-order valence-electron chi connectivity index (χ2n) is 4.90. The van der Waals surface area contributed by atoms with Crippen LogP contribution in [0, 0.1) is 0 Å². The lowest BCUT2D eigenvalue weighted by Gasteiger charge is -2.21. The molecule has 0 aromatic heterocycles. The molecule has 0 saturated heterocycles. The van der Waals surface area contributed by atoms with Crippen LogP contribution < -0.4 is 5.32 Å². The molecular formula is C12H20ClNO4S. The Labute approximate surface area is 122 Å². The molecule has 0 rings (SSSR count).